The van der Waals surface area contributed by atoms with Crippen molar-refractivity contribution in [1.82, 2.24) is 4.90 Å². The van der Waals surface area contributed by atoms with Crippen molar-refractivity contribution in [2.75, 3.05) is 7.05 Å². The van der Waals surface area contributed by atoms with Crippen LogP contribution >= 0.6 is 27.3 Å². The lowest BCUT2D eigenvalue weighted by Gasteiger charge is -2.25. The average molecular weight is 352 g/mol. The second kappa shape index (κ2) is 6.10. The number of aryl methyl sites for hydroxylation is 2. The van der Waals surface area contributed by atoms with Crippen molar-refractivity contribution < 1.29 is 4.79 Å². The van der Waals surface area contributed by atoms with Gasteiger partial charge in [-0.05, 0) is 60.5 Å². The van der Waals surface area contributed by atoms with Gasteiger partial charge < -0.3 is 4.90 Å². The lowest BCUT2D eigenvalue weighted by atomic mass is 10.1. The molecule has 1 aromatic carbocycles. The van der Waals surface area contributed by atoms with Crippen LogP contribution < -0.4 is 0 Å². The van der Waals surface area contributed by atoms with Crippen LogP contribution in [0.5, 0.6) is 0 Å². The predicted octanol–water partition coefficient (Wildman–Crippen LogP) is 4.96. The van der Waals surface area contributed by atoms with Gasteiger partial charge in [0.2, 0.25) is 0 Å². The molecular weight excluding hydrogens is 334 g/mol. The van der Waals surface area contributed by atoms with Crippen LogP contribution in [0.4, 0.5) is 0 Å². The summed E-state index contributed by atoms with van der Waals surface area (Å²) in [4.78, 5) is 16.9. The number of hydrogen-bond donors (Lipinski definition) is 0. The first kappa shape index (κ1) is 15.3. The number of hydrogen-bond acceptors (Lipinski definition) is 2. The summed E-state index contributed by atoms with van der Waals surface area (Å²) in [5, 5.41) is 0. The second-order valence-electron chi connectivity index (χ2n) is 4.98. The molecule has 106 valence electrons. The molecular formula is C16H18BrNOS. The Morgan fingerprint density at radius 3 is 2.55 bits per heavy atom. The fraction of sp³-hybridized carbons (Fsp3) is 0.312. The summed E-state index contributed by atoms with van der Waals surface area (Å²) in [5.74, 6) is 0.0409. The van der Waals surface area contributed by atoms with Gasteiger partial charge >= 0.3 is 0 Å². The highest BCUT2D eigenvalue weighted by molar-refractivity contribution is 9.10. The molecule has 0 radical (unpaired) electrons. The third kappa shape index (κ3) is 2.96. The molecule has 20 heavy (non-hydrogen) atoms. The van der Waals surface area contributed by atoms with Crippen molar-refractivity contribution >= 4 is 33.2 Å². The normalized spacial score (nSPS) is 12.2. The van der Waals surface area contributed by atoms with Gasteiger partial charge in [-0.1, -0.05) is 12.1 Å². The van der Waals surface area contributed by atoms with E-state index < -0.39 is 0 Å². The molecule has 1 heterocycles. The lowest BCUT2D eigenvalue weighted by Crippen LogP contribution is -2.29. The molecule has 2 aromatic rings. The Kier molecular flexibility index (Phi) is 4.66. The fourth-order valence-corrected chi connectivity index (χ4v) is 3.45. The zero-order chi connectivity index (χ0) is 14.9. The van der Waals surface area contributed by atoms with Gasteiger partial charge in [0.05, 0.1) is 11.6 Å². The van der Waals surface area contributed by atoms with Crippen molar-refractivity contribution in [3.63, 3.8) is 0 Å². The number of rotatable bonds is 3. The summed E-state index contributed by atoms with van der Waals surface area (Å²) < 4.78 is 0.881. The van der Waals surface area contributed by atoms with Crippen LogP contribution in [0.3, 0.4) is 0 Å². The molecule has 2 nitrogen and oxygen atoms in total. The molecule has 0 aliphatic heterocycles. The maximum Gasteiger partial charge on any atom is 0.255 e. The molecule has 0 spiro atoms. The minimum Gasteiger partial charge on any atom is -0.334 e. The van der Waals surface area contributed by atoms with E-state index in [1.165, 1.54) is 9.75 Å². The summed E-state index contributed by atoms with van der Waals surface area (Å²) in [6.45, 7) is 6.14. The number of carbonyl (C=O) groups excluding carboxylic acids is 1. The Balaban J connectivity index is 2.26. The van der Waals surface area contributed by atoms with E-state index in [9.17, 15) is 4.79 Å². The molecule has 0 aliphatic rings. The fourth-order valence-electron chi connectivity index (χ4n) is 2.05. The number of nitrogens with zero attached hydrogens (tertiary/aromatic N) is 1. The summed E-state index contributed by atoms with van der Waals surface area (Å²) in [5.41, 5.74) is 1.79. The van der Waals surface area contributed by atoms with Crippen LogP contribution in [0.2, 0.25) is 0 Å². The van der Waals surface area contributed by atoms with E-state index in [-0.39, 0.29) is 11.9 Å². The van der Waals surface area contributed by atoms with Crippen molar-refractivity contribution in [3.05, 3.63) is 55.7 Å². The van der Waals surface area contributed by atoms with E-state index in [1.807, 2.05) is 32.2 Å². The molecule has 0 N–H and O–H groups in total. The third-order valence-electron chi connectivity index (χ3n) is 3.50. The van der Waals surface area contributed by atoms with Crippen LogP contribution in [-0.2, 0) is 0 Å². The molecule has 4 heteroatoms. The highest BCUT2D eigenvalue weighted by atomic mass is 79.9. The molecule has 0 saturated carbocycles. The Bertz CT molecular complexity index is 635. The first-order valence-electron chi connectivity index (χ1n) is 6.50. The first-order valence-corrected chi connectivity index (χ1v) is 8.11. The number of amides is 1. The summed E-state index contributed by atoms with van der Waals surface area (Å²) >= 11 is 5.25. The van der Waals surface area contributed by atoms with E-state index in [1.54, 1.807) is 16.2 Å². The molecule has 1 unspecified atom stereocenters. The van der Waals surface area contributed by atoms with Gasteiger partial charge in [0, 0.05) is 21.3 Å². The molecule has 2 rings (SSSR count). The Morgan fingerprint density at radius 1 is 1.25 bits per heavy atom. The monoisotopic (exact) mass is 351 g/mol. The van der Waals surface area contributed by atoms with E-state index in [0.717, 1.165) is 10.0 Å². The predicted molar refractivity (Wildman–Crippen MR) is 88.4 cm³/mol. The van der Waals surface area contributed by atoms with Gasteiger partial charge in [0.15, 0.2) is 0 Å². The lowest BCUT2D eigenvalue weighted by molar-refractivity contribution is 0.0744. The minimum atomic E-state index is 0.0409. The Hall–Kier alpha value is -1.13. The molecule has 1 amide bonds. The molecule has 0 bridgehead atoms. The second-order valence-corrected chi connectivity index (χ2v) is 7.09. The van der Waals surface area contributed by atoms with Gasteiger partial charge in [0.25, 0.3) is 5.91 Å². The van der Waals surface area contributed by atoms with Crippen molar-refractivity contribution in [1.29, 1.82) is 0 Å². The Morgan fingerprint density at radius 2 is 1.95 bits per heavy atom. The largest absolute Gasteiger partial charge is 0.334 e. The van der Waals surface area contributed by atoms with Gasteiger partial charge in [0.1, 0.15) is 0 Å². The highest BCUT2D eigenvalue weighted by Crippen LogP contribution is 2.29. The molecule has 1 atom stereocenters. The average Bonchev–Trinajstić information content (AvgIpc) is 2.86. The Labute approximate surface area is 132 Å². The number of thiophene rings is 1. The standard InChI is InChI=1S/C16H18BrNOS/c1-10-6-5-7-13(15(10)17)16(19)18(4)12(3)14-9-8-11(2)20-14/h5-9,12H,1-4H3. The van der Waals surface area contributed by atoms with Crippen LogP contribution in [0.15, 0.2) is 34.8 Å². The zero-order valence-corrected chi connectivity index (χ0v) is 14.5. The first-order chi connectivity index (χ1) is 9.41. The number of benzene rings is 1. The number of halogens is 1. The topological polar surface area (TPSA) is 20.3 Å². The van der Waals surface area contributed by atoms with Crippen LogP contribution in [0.25, 0.3) is 0 Å². The molecule has 1 aromatic heterocycles. The van der Waals surface area contributed by atoms with Gasteiger partial charge in [-0.3, -0.25) is 4.79 Å². The summed E-state index contributed by atoms with van der Waals surface area (Å²) in [6, 6.07) is 10.0. The van der Waals surface area contributed by atoms with Gasteiger partial charge in [-0.25, -0.2) is 0 Å². The maximum absolute atomic E-state index is 12.6. The maximum atomic E-state index is 12.6. The van der Waals surface area contributed by atoms with Gasteiger partial charge in [-0.2, -0.15) is 0 Å². The SMILES string of the molecule is Cc1ccc(C(C)N(C)C(=O)c2cccc(C)c2Br)s1. The molecule has 0 aliphatic carbocycles. The molecule has 0 fully saturated rings. The van der Waals surface area contributed by atoms with Crippen LogP contribution in [-0.4, -0.2) is 17.9 Å². The van der Waals surface area contributed by atoms with E-state index in [2.05, 4.69) is 41.9 Å². The van der Waals surface area contributed by atoms with Crippen LogP contribution in [0.1, 0.15) is 38.6 Å². The van der Waals surface area contributed by atoms with Crippen molar-refractivity contribution in [2.24, 2.45) is 0 Å². The smallest absolute Gasteiger partial charge is 0.255 e. The minimum absolute atomic E-state index is 0.0409. The van der Waals surface area contributed by atoms with E-state index >= 15 is 0 Å². The van der Waals surface area contributed by atoms with E-state index in [4.69, 9.17) is 0 Å². The third-order valence-corrected chi connectivity index (χ3v) is 5.72. The number of carbonyl (C=O) groups is 1. The summed E-state index contributed by atoms with van der Waals surface area (Å²) in [6.07, 6.45) is 0. The summed E-state index contributed by atoms with van der Waals surface area (Å²) in [7, 11) is 1.86. The van der Waals surface area contributed by atoms with Crippen molar-refractivity contribution in [2.45, 2.75) is 26.8 Å². The molecule has 0 saturated heterocycles. The quantitative estimate of drug-likeness (QED) is 0.765. The van der Waals surface area contributed by atoms with E-state index in [0.29, 0.717) is 5.56 Å². The van der Waals surface area contributed by atoms with Crippen LogP contribution in [0, 0.1) is 13.8 Å². The highest BCUT2D eigenvalue weighted by Gasteiger charge is 2.22. The van der Waals surface area contributed by atoms with Crippen molar-refractivity contribution in [3.8, 4) is 0 Å². The zero-order valence-electron chi connectivity index (χ0n) is 12.1. The van der Waals surface area contributed by atoms with Gasteiger partial charge in [-0.15, -0.1) is 11.3 Å².